The van der Waals surface area contributed by atoms with Gasteiger partial charge in [-0.1, -0.05) is 12.2 Å². The zero-order valence-corrected chi connectivity index (χ0v) is 46.7. The van der Waals surface area contributed by atoms with Crippen molar-refractivity contribution in [2.24, 2.45) is 0 Å². The summed E-state index contributed by atoms with van der Waals surface area (Å²) in [6.07, 6.45) is -0.384. The number of hydrogen-bond donors (Lipinski definition) is 10. The molecule has 0 fully saturated rings. The Kier molecular flexibility index (Phi) is 17.4. The molecule has 0 aliphatic carbocycles. The molecule has 402 valence electrons. The lowest BCUT2D eigenvalue weighted by Crippen LogP contribution is -2.52. The molecule has 0 aromatic carbocycles. The van der Waals surface area contributed by atoms with Crippen molar-refractivity contribution in [1.82, 2.24) is 66.8 Å². The second-order valence-electron chi connectivity index (χ2n) is 17.7. The number of nitrogens with one attached hydrogen (secondary N) is 6. The molecule has 8 bridgehead atoms. The van der Waals surface area contributed by atoms with Crippen LogP contribution in [0, 0.1) is 0 Å². The molecule has 10 N–H and O–H groups in total. The first kappa shape index (κ1) is 56.3. The highest BCUT2D eigenvalue weighted by Crippen LogP contribution is 2.38. The number of pyridine rings is 1. The van der Waals surface area contributed by atoms with Gasteiger partial charge in [-0.3, -0.25) is 28.8 Å². The zero-order chi connectivity index (χ0) is 55.5. The molecule has 6 atom stereocenters. The number of nitrogens with zero attached hydrogens (tertiary/aromatic N) is 7. The molecule has 0 radical (unpaired) electrons. The van der Waals surface area contributed by atoms with Crippen LogP contribution in [0.1, 0.15) is 118 Å². The highest BCUT2D eigenvalue weighted by atomic mass is 32.1. The van der Waals surface area contributed by atoms with E-state index >= 15 is 0 Å². The van der Waals surface area contributed by atoms with Gasteiger partial charge < -0.3 is 52.3 Å². The van der Waals surface area contributed by atoms with Crippen LogP contribution in [0.2, 0.25) is 0 Å². The van der Waals surface area contributed by atoms with Crippen molar-refractivity contribution in [3.05, 3.63) is 100 Å². The number of amides is 6. The van der Waals surface area contributed by atoms with Crippen LogP contribution in [0.4, 0.5) is 0 Å². The summed E-state index contributed by atoms with van der Waals surface area (Å²) in [4.78, 5) is 114. The molecule has 8 heterocycles. The molecule has 1 aliphatic rings. The minimum Gasteiger partial charge on any atom is -0.392 e. The number of fused-ring (bicyclic) bond motifs is 11. The zero-order valence-electron chi connectivity index (χ0n) is 41.8. The SMILES string of the molecule is C/C=C(/NC(=O)c1csc(-c2csc(-c3ccc4c(n3)-c3csc(n3)[C@H]([C@@H](C)O)NC(=O)c3csc(n3)[C@H](C(C)(C)O)NC(=O)c3csc(n3)/C(=C\C)NC(=O)[C@H]([C@@H](C)O)NC(=O)c3csc-4n3)n2)n1)C(=O)NC[C@@H](C)O. The molecule has 7 aromatic rings. The van der Waals surface area contributed by atoms with Crippen molar-refractivity contribution < 1.29 is 49.2 Å². The Balaban J connectivity index is 1.15. The topological polar surface area (TPSA) is 346 Å². The van der Waals surface area contributed by atoms with Gasteiger partial charge in [-0.05, 0) is 60.6 Å². The summed E-state index contributed by atoms with van der Waals surface area (Å²) in [5.74, 6) is -4.15. The minimum atomic E-state index is -1.59. The Hall–Kier alpha value is -6.93. The standard InChI is InChI=1S/C48H49N13O10S6/c1-8-23(36(65)49-12-19(3)62)51-37(66)27-15-74-45(56-27)31-18-75-44(58-31)25-11-10-22-34(50-25)26-13-76-46(53-26)33(21(5)64)60-39(68)29-17-77-47(57-29)35(48(6,7)71)61-40(69)30-16-73-43(55-30)24(9-2)52-41(70)32(20(4)63)59-38(67)28-14-72-42(22)54-28/h8-11,13-21,32-33,35,62-64,71H,12H2,1-7H3,(H,49,65)(H,51,66)(H,52,70)(H,59,67)(H,60,68)(H,61,69)/b23-8+,24-9+/t19-,20-,21-,32+,33+,35-/m1/s1. The third kappa shape index (κ3) is 12.9. The van der Waals surface area contributed by atoms with E-state index < -0.39 is 77.5 Å². The van der Waals surface area contributed by atoms with Gasteiger partial charge in [-0.2, -0.15) is 0 Å². The average molecular weight is 1160 g/mol. The fraction of sp³-hybridized carbons (Fsp3) is 0.312. The molecular formula is C48H49N13O10S6. The predicted molar refractivity (Wildman–Crippen MR) is 292 cm³/mol. The summed E-state index contributed by atoms with van der Waals surface area (Å²) in [6, 6.07) is -0.252. The number of aliphatic hydroxyl groups is 4. The van der Waals surface area contributed by atoms with E-state index in [0.29, 0.717) is 37.7 Å². The molecule has 6 amide bonds. The third-order valence-electron chi connectivity index (χ3n) is 11.2. The molecule has 23 nitrogen and oxygen atoms in total. The van der Waals surface area contributed by atoms with E-state index in [2.05, 4.69) is 51.8 Å². The summed E-state index contributed by atoms with van der Waals surface area (Å²) >= 11 is 6.67. The largest absolute Gasteiger partial charge is 0.392 e. The van der Waals surface area contributed by atoms with Crippen LogP contribution in [-0.4, -0.2) is 127 Å². The van der Waals surface area contributed by atoms with Gasteiger partial charge in [0.05, 0.1) is 35.3 Å². The summed E-state index contributed by atoms with van der Waals surface area (Å²) in [7, 11) is 0. The minimum absolute atomic E-state index is 0.00724. The third-order valence-corrected chi connectivity index (χ3v) is 16.5. The molecule has 77 heavy (non-hydrogen) atoms. The fourth-order valence-electron chi connectivity index (χ4n) is 7.21. The van der Waals surface area contributed by atoms with Crippen molar-refractivity contribution in [2.45, 2.75) is 90.5 Å². The van der Waals surface area contributed by atoms with E-state index in [1.165, 1.54) is 79.6 Å². The van der Waals surface area contributed by atoms with Crippen LogP contribution < -0.4 is 31.9 Å². The number of allylic oxidation sites excluding steroid dienone is 2. The van der Waals surface area contributed by atoms with Gasteiger partial charge in [0, 0.05) is 44.4 Å². The molecular weight excluding hydrogens is 1110 g/mol. The van der Waals surface area contributed by atoms with E-state index in [9.17, 15) is 49.2 Å². The quantitative estimate of drug-likeness (QED) is 0.0831. The van der Waals surface area contributed by atoms with Crippen molar-refractivity contribution in [2.75, 3.05) is 6.54 Å². The number of thiazole rings is 6. The van der Waals surface area contributed by atoms with Gasteiger partial charge in [0.2, 0.25) is 5.91 Å². The van der Waals surface area contributed by atoms with Gasteiger partial charge >= 0.3 is 0 Å². The summed E-state index contributed by atoms with van der Waals surface area (Å²) < 4.78 is 0. The predicted octanol–water partition coefficient (Wildman–Crippen LogP) is 4.68. The lowest BCUT2D eigenvalue weighted by atomic mass is 9.99. The molecule has 0 saturated carbocycles. The van der Waals surface area contributed by atoms with Crippen LogP contribution >= 0.6 is 68.0 Å². The van der Waals surface area contributed by atoms with E-state index in [1.54, 1.807) is 36.7 Å². The van der Waals surface area contributed by atoms with Gasteiger partial charge in [0.1, 0.15) is 93.7 Å². The number of aromatic nitrogens is 7. The number of rotatable bonds is 10. The monoisotopic (exact) mass is 1160 g/mol. The van der Waals surface area contributed by atoms with Crippen LogP contribution in [0.5, 0.6) is 0 Å². The molecule has 0 unspecified atom stereocenters. The molecule has 8 rings (SSSR count). The maximum atomic E-state index is 13.9. The van der Waals surface area contributed by atoms with Gasteiger partial charge in [-0.15, -0.1) is 68.0 Å². The lowest BCUT2D eigenvalue weighted by molar-refractivity contribution is -0.124. The fourth-order valence-corrected chi connectivity index (χ4v) is 12.4. The highest BCUT2D eigenvalue weighted by molar-refractivity contribution is 7.15. The maximum absolute atomic E-state index is 13.9. The second kappa shape index (κ2) is 23.8. The molecule has 0 saturated heterocycles. The van der Waals surface area contributed by atoms with Crippen molar-refractivity contribution in [3.63, 3.8) is 0 Å². The average Bonchev–Trinajstić information content (AvgIpc) is 4.26. The van der Waals surface area contributed by atoms with Crippen LogP contribution in [0.3, 0.4) is 0 Å². The first-order chi connectivity index (χ1) is 36.6. The molecule has 0 spiro atoms. The van der Waals surface area contributed by atoms with Crippen LogP contribution in [0.15, 0.2) is 62.3 Å². The van der Waals surface area contributed by atoms with Crippen molar-refractivity contribution in [1.29, 1.82) is 0 Å². The number of hydrogen-bond acceptors (Lipinski definition) is 23. The van der Waals surface area contributed by atoms with Crippen LogP contribution in [-0.2, 0) is 9.59 Å². The first-order valence-electron chi connectivity index (χ1n) is 23.3. The molecule has 1 aliphatic heterocycles. The Morgan fingerprint density at radius 2 is 1.19 bits per heavy atom. The van der Waals surface area contributed by atoms with Crippen molar-refractivity contribution in [3.8, 4) is 43.4 Å². The second-order valence-corrected chi connectivity index (χ2v) is 22.9. The lowest BCUT2D eigenvalue weighted by Gasteiger charge is -2.28. The number of carbonyl (C=O) groups is 6. The normalized spacial score (nSPS) is 18.6. The van der Waals surface area contributed by atoms with Crippen molar-refractivity contribution >= 4 is 109 Å². The van der Waals surface area contributed by atoms with E-state index in [-0.39, 0.29) is 61.4 Å². The highest BCUT2D eigenvalue weighted by Gasteiger charge is 2.35. The number of carbonyl (C=O) groups excluding carboxylic acids is 6. The number of aliphatic hydroxyl groups excluding tert-OH is 3. The van der Waals surface area contributed by atoms with Gasteiger partial charge in [0.15, 0.2) is 0 Å². The van der Waals surface area contributed by atoms with Gasteiger partial charge in [0.25, 0.3) is 29.5 Å². The van der Waals surface area contributed by atoms with Gasteiger partial charge in [-0.25, -0.2) is 34.9 Å². The molecule has 7 aromatic heterocycles. The van der Waals surface area contributed by atoms with Crippen LogP contribution in [0.25, 0.3) is 49.1 Å². The van der Waals surface area contributed by atoms with E-state index in [0.717, 1.165) is 56.7 Å². The summed E-state index contributed by atoms with van der Waals surface area (Å²) in [5.41, 5.74) is 0.232. The Labute approximate surface area is 462 Å². The summed E-state index contributed by atoms with van der Waals surface area (Å²) in [5, 5.41) is 69.9. The molecule has 29 heteroatoms. The smallest absolute Gasteiger partial charge is 0.275 e. The van der Waals surface area contributed by atoms with E-state index in [1.807, 2.05) is 0 Å². The first-order valence-corrected chi connectivity index (χ1v) is 28.6. The maximum Gasteiger partial charge on any atom is 0.275 e. The Bertz CT molecular complexity index is 3430. The van der Waals surface area contributed by atoms with E-state index in [4.69, 9.17) is 15.0 Å². The summed E-state index contributed by atoms with van der Waals surface area (Å²) in [6.45, 7) is 10.5. The Morgan fingerprint density at radius 1 is 0.649 bits per heavy atom. The Morgan fingerprint density at radius 3 is 1.86 bits per heavy atom.